The molecule has 0 radical (unpaired) electrons. The van der Waals surface area contributed by atoms with Crippen molar-refractivity contribution in [3.8, 4) is 0 Å². The lowest BCUT2D eigenvalue weighted by Gasteiger charge is -2.14. The first kappa shape index (κ1) is 9.93. The summed E-state index contributed by atoms with van der Waals surface area (Å²) in [4.78, 5) is 3.00. The second kappa shape index (κ2) is 4.77. The Labute approximate surface area is 80.1 Å². The molecule has 0 aromatic carbocycles. The molecule has 1 atom stereocenters. The molecule has 2 nitrogen and oxygen atoms in total. The third-order valence-electron chi connectivity index (χ3n) is 2.45. The Morgan fingerprint density at radius 2 is 2.42 bits per heavy atom. The van der Waals surface area contributed by atoms with Crippen LogP contribution in [0.15, 0.2) is 0 Å². The summed E-state index contributed by atoms with van der Waals surface area (Å²) < 4.78 is 0. The van der Waals surface area contributed by atoms with E-state index in [4.69, 9.17) is 18.0 Å². The van der Waals surface area contributed by atoms with Gasteiger partial charge in [-0.25, -0.2) is 0 Å². The molecule has 0 amide bonds. The van der Waals surface area contributed by atoms with Gasteiger partial charge < -0.3 is 5.73 Å². The van der Waals surface area contributed by atoms with Crippen molar-refractivity contribution in [3.05, 3.63) is 0 Å². The van der Waals surface area contributed by atoms with Gasteiger partial charge in [0.15, 0.2) is 0 Å². The van der Waals surface area contributed by atoms with E-state index in [-0.39, 0.29) is 0 Å². The Bertz CT molecular complexity index is 159. The van der Waals surface area contributed by atoms with Crippen molar-refractivity contribution in [2.75, 3.05) is 19.6 Å². The summed E-state index contributed by atoms with van der Waals surface area (Å²) in [5, 5.41) is 0. The van der Waals surface area contributed by atoms with Gasteiger partial charge in [-0.05, 0) is 25.3 Å². The van der Waals surface area contributed by atoms with Crippen LogP contribution in [0.3, 0.4) is 0 Å². The smallest absolute Gasteiger partial charge is 0.0870 e. The van der Waals surface area contributed by atoms with Crippen LogP contribution in [0.1, 0.15) is 26.2 Å². The molecule has 0 saturated carbocycles. The molecule has 0 aromatic heterocycles. The van der Waals surface area contributed by atoms with Crippen molar-refractivity contribution in [1.82, 2.24) is 4.90 Å². The summed E-state index contributed by atoms with van der Waals surface area (Å²) in [7, 11) is 0. The van der Waals surface area contributed by atoms with E-state index in [1.54, 1.807) is 0 Å². The lowest BCUT2D eigenvalue weighted by Crippen LogP contribution is -2.30. The maximum absolute atomic E-state index is 5.48. The first-order chi connectivity index (χ1) is 5.72. The van der Waals surface area contributed by atoms with Gasteiger partial charge in [-0.3, -0.25) is 4.90 Å². The summed E-state index contributed by atoms with van der Waals surface area (Å²) in [5.74, 6) is 0.893. The normalized spacial score (nSPS) is 24.6. The first-order valence-electron chi connectivity index (χ1n) is 4.73. The molecule has 1 unspecified atom stereocenters. The quantitative estimate of drug-likeness (QED) is 0.673. The van der Waals surface area contributed by atoms with Crippen LogP contribution < -0.4 is 5.73 Å². The van der Waals surface area contributed by atoms with E-state index < -0.39 is 0 Å². The van der Waals surface area contributed by atoms with E-state index in [0.717, 1.165) is 12.5 Å². The van der Waals surface area contributed by atoms with Gasteiger partial charge >= 0.3 is 0 Å². The highest BCUT2D eigenvalue weighted by molar-refractivity contribution is 7.80. The highest BCUT2D eigenvalue weighted by atomic mass is 32.1. The molecule has 1 fully saturated rings. The molecule has 70 valence electrons. The predicted molar refractivity (Wildman–Crippen MR) is 56.2 cm³/mol. The molecule has 0 aliphatic carbocycles. The number of thiocarbonyl (C=S) groups is 1. The highest BCUT2D eigenvalue weighted by Crippen LogP contribution is 2.20. The third kappa shape index (κ3) is 3.07. The molecule has 1 aliphatic heterocycles. The van der Waals surface area contributed by atoms with Gasteiger partial charge in [0.05, 0.1) is 4.99 Å². The molecule has 12 heavy (non-hydrogen) atoms. The predicted octanol–water partition coefficient (Wildman–Crippen LogP) is 1.39. The topological polar surface area (TPSA) is 29.3 Å². The number of nitrogens with two attached hydrogens (primary N) is 1. The van der Waals surface area contributed by atoms with Gasteiger partial charge in [-0.15, -0.1) is 0 Å². The van der Waals surface area contributed by atoms with Crippen LogP contribution in [0.5, 0.6) is 0 Å². The monoisotopic (exact) mass is 186 g/mol. The fourth-order valence-corrected chi connectivity index (χ4v) is 2.10. The van der Waals surface area contributed by atoms with Crippen LogP contribution in [0.25, 0.3) is 0 Å². The zero-order valence-electron chi connectivity index (χ0n) is 7.75. The van der Waals surface area contributed by atoms with Gasteiger partial charge in [-0.1, -0.05) is 25.6 Å². The van der Waals surface area contributed by atoms with E-state index in [9.17, 15) is 0 Å². The molecule has 0 bridgehead atoms. The number of nitrogens with zero attached hydrogens (tertiary/aromatic N) is 1. The number of likely N-dealkylation sites (tertiary alicyclic amines) is 1. The number of rotatable bonds is 4. The van der Waals surface area contributed by atoms with E-state index in [1.165, 1.54) is 32.4 Å². The van der Waals surface area contributed by atoms with Crippen LogP contribution in [0.4, 0.5) is 0 Å². The van der Waals surface area contributed by atoms with E-state index in [0.29, 0.717) is 4.99 Å². The SMILES string of the molecule is CCCC1CCN(CC(N)=S)C1. The van der Waals surface area contributed by atoms with E-state index in [2.05, 4.69) is 11.8 Å². The number of hydrogen-bond acceptors (Lipinski definition) is 2. The molecule has 2 N–H and O–H groups in total. The number of hydrogen-bond donors (Lipinski definition) is 1. The van der Waals surface area contributed by atoms with Gasteiger partial charge in [-0.2, -0.15) is 0 Å². The van der Waals surface area contributed by atoms with E-state index >= 15 is 0 Å². The molecule has 1 aliphatic rings. The standard InChI is InChI=1S/C9H18N2S/c1-2-3-8-4-5-11(6-8)7-9(10)12/h8H,2-7H2,1H3,(H2,10,12). The average molecular weight is 186 g/mol. The zero-order chi connectivity index (χ0) is 8.97. The maximum Gasteiger partial charge on any atom is 0.0870 e. The van der Waals surface area contributed by atoms with Crippen LogP contribution in [0.2, 0.25) is 0 Å². The van der Waals surface area contributed by atoms with Gasteiger partial charge in [0, 0.05) is 13.1 Å². The Balaban J connectivity index is 2.21. The Morgan fingerprint density at radius 1 is 1.67 bits per heavy atom. The van der Waals surface area contributed by atoms with Crippen LogP contribution in [-0.4, -0.2) is 29.5 Å². The summed E-state index contributed by atoms with van der Waals surface area (Å²) >= 11 is 4.87. The fourth-order valence-electron chi connectivity index (χ4n) is 1.92. The molecule has 0 aromatic rings. The summed E-state index contributed by atoms with van der Waals surface area (Å²) in [6.45, 7) is 5.44. The Kier molecular flexibility index (Phi) is 3.95. The lowest BCUT2D eigenvalue weighted by atomic mass is 10.0. The molecular formula is C9H18N2S. The first-order valence-corrected chi connectivity index (χ1v) is 5.14. The maximum atomic E-state index is 5.48. The van der Waals surface area contributed by atoms with Gasteiger partial charge in [0.1, 0.15) is 0 Å². The third-order valence-corrected chi connectivity index (χ3v) is 2.58. The van der Waals surface area contributed by atoms with Crippen LogP contribution in [0, 0.1) is 5.92 Å². The van der Waals surface area contributed by atoms with Crippen molar-refractivity contribution in [2.45, 2.75) is 26.2 Å². The van der Waals surface area contributed by atoms with Gasteiger partial charge in [0.2, 0.25) is 0 Å². The highest BCUT2D eigenvalue weighted by Gasteiger charge is 2.21. The van der Waals surface area contributed by atoms with Gasteiger partial charge in [0.25, 0.3) is 0 Å². The molecule has 1 rings (SSSR count). The van der Waals surface area contributed by atoms with Crippen LogP contribution >= 0.6 is 12.2 Å². The summed E-state index contributed by atoms with van der Waals surface area (Å²) in [6, 6.07) is 0. The minimum atomic E-state index is 0.632. The molecule has 3 heteroatoms. The summed E-state index contributed by atoms with van der Waals surface area (Å²) in [5.41, 5.74) is 5.48. The second-order valence-electron chi connectivity index (χ2n) is 3.64. The van der Waals surface area contributed by atoms with Crippen molar-refractivity contribution in [1.29, 1.82) is 0 Å². The molecular weight excluding hydrogens is 168 g/mol. The fraction of sp³-hybridized carbons (Fsp3) is 0.889. The van der Waals surface area contributed by atoms with Crippen molar-refractivity contribution >= 4 is 17.2 Å². The lowest BCUT2D eigenvalue weighted by molar-refractivity contribution is 0.363. The minimum Gasteiger partial charge on any atom is -0.392 e. The minimum absolute atomic E-state index is 0.632. The molecule has 1 heterocycles. The zero-order valence-corrected chi connectivity index (χ0v) is 8.57. The van der Waals surface area contributed by atoms with Crippen molar-refractivity contribution in [2.24, 2.45) is 11.7 Å². The average Bonchev–Trinajstić information content (AvgIpc) is 2.36. The molecule has 1 saturated heterocycles. The van der Waals surface area contributed by atoms with Crippen LogP contribution in [-0.2, 0) is 0 Å². The van der Waals surface area contributed by atoms with E-state index in [1.807, 2.05) is 0 Å². The Morgan fingerprint density at radius 3 is 3.00 bits per heavy atom. The second-order valence-corrected chi connectivity index (χ2v) is 4.17. The van der Waals surface area contributed by atoms with Crippen molar-refractivity contribution in [3.63, 3.8) is 0 Å². The summed E-state index contributed by atoms with van der Waals surface area (Å²) in [6.07, 6.45) is 3.98. The Hall–Kier alpha value is -0.150. The largest absolute Gasteiger partial charge is 0.392 e. The van der Waals surface area contributed by atoms with Crippen molar-refractivity contribution < 1.29 is 0 Å². The molecule has 0 spiro atoms.